The highest BCUT2D eigenvalue weighted by molar-refractivity contribution is 7.99. The van der Waals surface area contributed by atoms with Crippen molar-refractivity contribution in [2.75, 3.05) is 11.1 Å². The molecule has 2 heterocycles. The van der Waals surface area contributed by atoms with Gasteiger partial charge in [-0.25, -0.2) is 4.68 Å². The van der Waals surface area contributed by atoms with E-state index in [0.29, 0.717) is 23.0 Å². The quantitative estimate of drug-likeness (QED) is 0.374. The minimum absolute atomic E-state index is 0.0115. The molecule has 0 bridgehead atoms. The second kappa shape index (κ2) is 8.06. The van der Waals surface area contributed by atoms with Gasteiger partial charge in [0.2, 0.25) is 11.1 Å². The highest BCUT2D eigenvalue weighted by Crippen LogP contribution is 2.22. The number of hydrogen-bond acceptors (Lipinski definition) is 8. The second-order valence-electron chi connectivity index (χ2n) is 5.29. The number of nitrogens with one attached hydrogen (secondary N) is 1. The topological polar surface area (TPSA) is 116 Å². The van der Waals surface area contributed by atoms with Crippen LogP contribution in [0, 0.1) is 17.0 Å². The predicted octanol–water partition coefficient (Wildman–Crippen LogP) is 2.73. The third kappa shape index (κ3) is 4.43. The van der Waals surface area contributed by atoms with E-state index in [4.69, 9.17) is 0 Å². The first-order valence-electron chi connectivity index (χ1n) is 7.49. The third-order valence-corrected chi connectivity index (χ3v) is 5.23. The lowest BCUT2D eigenvalue weighted by Gasteiger charge is -2.08. The number of aryl methyl sites for hydroxylation is 1. The van der Waals surface area contributed by atoms with Crippen molar-refractivity contribution in [1.29, 1.82) is 0 Å². The van der Waals surface area contributed by atoms with Crippen molar-refractivity contribution in [1.82, 2.24) is 20.2 Å². The van der Waals surface area contributed by atoms with E-state index in [-0.39, 0.29) is 17.3 Å². The van der Waals surface area contributed by atoms with Gasteiger partial charge in [-0.2, -0.15) is 0 Å². The summed E-state index contributed by atoms with van der Waals surface area (Å²) in [4.78, 5) is 23.6. The summed E-state index contributed by atoms with van der Waals surface area (Å²) in [6.07, 6.45) is 0. The lowest BCUT2D eigenvalue weighted by molar-refractivity contribution is -0.384. The molecule has 0 spiro atoms. The third-order valence-electron chi connectivity index (χ3n) is 3.41. The Bertz CT molecular complexity index is 925. The van der Waals surface area contributed by atoms with Crippen LogP contribution in [-0.2, 0) is 11.3 Å². The maximum atomic E-state index is 12.2. The molecule has 9 nitrogen and oxygen atoms in total. The molecule has 0 saturated heterocycles. The van der Waals surface area contributed by atoms with Crippen molar-refractivity contribution in [3.05, 3.63) is 56.3 Å². The molecule has 0 aliphatic carbocycles. The number of carbonyl (C=O) groups is 1. The normalized spacial score (nSPS) is 10.7. The Morgan fingerprint density at radius 2 is 2.27 bits per heavy atom. The van der Waals surface area contributed by atoms with Gasteiger partial charge in [0.1, 0.15) is 0 Å². The van der Waals surface area contributed by atoms with E-state index in [1.54, 1.807) is 22.9 Å². The van der Waals surface area contributed by atoms with E-state index < -0.39 is 4.92 Å². The standard InChI is InChI=1S/C15H14N6O3S2/c1-10-7-11(21(23)24)4-5-13(10)16-14(22)9-26-15-17-18-19-20(15)8-12-3-2-6-25-12/h2-7H,8-9H2,1H3,(H,16,22). The van der Waals surface area contributed by atoms with Gasteiger partial charge in [-0.1, -0.05) is 17.8 Å². The average Bonchev–Trinajstić information content (AvgIpc) is 3.27. The molecule has 0 fully saturated rings. The van der Waals surface area contributed by atoms with Crippen LogP contribution in [-0.4, -0.2) is 36.8 Å². The van der Waals surface area contributed by atoms with Crippen LogP contribution < -0.4 is 5.32 Å². The Balaban J connectivity index is 1.58. The Labute approximate surface area is 156 Å². The van der Waals surface area contributed by atoms with Gasteiger partial charge >= 0.3 is 0 Å². The molecule has 1 N–H and O–H groups in total. The fraction of sp³-hybridized carbons (Fsp3) is 0.200. The van der Waals surface area contributed by atoms with E-state index in [1.165, 1.54) is 30.0 Å². The molecule has 3 rings (SSSR count). The second-order valence-corrected chi connectivity index (χ2v) is 7.27. The van der Waals surface area contributed by atoms with Crippen LogP contribution in [0.5, 0.6) is 0 Å². The SMILES string of the molecule is Cc1cc([N+](=O)[O-])ccc1NC(=O)CSc1nnnn1Cc1cccs1. The summed E-state index contributed by atoms with van der Waals surface area (Å²) in [6, 6.07) is 8.25. The van der Waals surface area contributed by atoms with Crippen LogP contribution in [0.1, 0.15) is 10.4 Å². The Morgan fingerprint density at radius 3 is 2.96 bits per heavy atom. The first kappa shape index (κ1) is 18.0. The molecular formula is C15H14N6O3S2. The number of nitrogens with zero attached hydrogens (tertiary/aromatic N) is 5. The summed E-state index contributed by atoms with van der Waals surface area (Å²) in [5.74, 6) is -0.112. The first-order valence-corrected chi connectivity index (χ1v) is 9.35. The largest absolute Gasteiger partial charge is 0.325 e. The van der Waals surface area contributed by atoms with Gasteiger partial charge in [0.25, 0.3) is 5.69 Å². The highest BCUT2D eigenvalue weighted by Gasteiger charge is 2.13. The van der Waals surface area contributed by atoms with Crippen LogP contribution in [0.25, 0.3) is 0 Å². The van der Waals surface area contributed by atoms with E-state index in [1.807, 2.05) is 17.5 Å². The van der Waals surface area contributed by atoms with E-state index in [2.05, 4.69) is 20.8 Å². The lowest BCUT2D eigenvalue weighted by atomic mass is 10.2. The minimum Gasteiger partial charge on any atom is -0.325 e. The Hall–Kier alpha value is -2.79. The zero-order valence-electron chi connectivity index (χ0n) is 13.7. The number of tetrazole rings is 1. The number of aromatic nitrogens is 4. The molecule has 1 amide bonds. The van der Waals surface area contributed by atoms with Crippen molar-refractivity contribution in [2.24, 2.45) is 0 Å². The minimum atomic E-state index is -0.470. The predicted molar refractivity (Wildman–Crippen MR) is 98.4 cm³/mol. The van der Waals surface area contributed by atoms with Crippen LogP contribution in [0.3, 0.4) is 0 Å². The van der Waals surface area contributed by atoms with Crippen molar-refractivity contribution >= 4 is 40.4 Å². The van der Waals surface area contributed by atoms with Crippen molar-refractivity contribution < 1.29 is 9.72 Å². The molecule has 0 unspecified atom stereocenters. The molecule has 0 atom stereocenters. The number of carbonyl (C=O) groups excluding carboxylic acids is 1. The van der Waals surface area contributed by atoms with Gasteiger partial charge in [-0.3, -0.25) is 14.9 Å². The van der Waals surface area contributed by atoms with Gasteiger partial charge in [0, 0.05) is 22.7 Å². The summed E-state index contributed by atoms with van der Waals surface area (Å²) in [5.41, 5.74) is 1.15. The molecule has 2 aromatic heterocycles. The van der Waals surface area contributed by atoms with Crippen LogP contribution in [0.4, 0.5) is 11.4 Å². The molecule has 0 aliphatic rings. The number of nitro benzene ring substituents is 1. The number of hydrogen-bond donors (Lipinski definition) is 1. The lowest BCUT2D eigenvalue weighted by Crippen LogP contribution is -2.15. The highest BCUT2D eigenvalue weighted by atomic mass is 32.2. The molecule has 0 saturated carbocycles. The van der Waals surface area contributed by atoms with Crippen molar-refractivity contribution in [3.8, 4) is 0 Å². The molecule has 0 radical (unpaired) electrons. The zero-order valence-corrected chi connectivity index (χ0v) is 15.3. The molecule has 0 aliphatic heterocycles. The summed E-state index contributed by atoms with van der Waals surface area (Å²) in [6.45, 7) is 2.26. The fourth-order valence-corrected chi connectivity index (χ4v) is 3.53. The van der Waals surface area contributed by atoms with Crippen molar-refractivity contribution in [3.63, 3.8) is 0 Å². The number of amides is 1. The monoisotopic (exact) mass is 390 g/mol. The number of benzene rings is 1. The smallest absolute Gasteiger partial charge is 0.269 e. The van der Waals surface area contributed by atoms with Gasteiger partial charge in [0.15, 0.2) is 0 Å². The number of rotatable bonds is 7. The molecule has 1 aromatic carbocycles. The van der Waals surface area contributed by atoms with Crippen LogP contribution in [0.15, 0.2) is 40.9 Å². The van der Waals surface area contributed by atoms with Crippen molar-refractivity contribution in [2.45, 2.75) is 18.6 Å². The number of thioether (sulfide) groups is 1. The number of thiophene rings is 1. The van der Waals surface area contributed by atoms with E-state index >= 15 is 0 Å². The van der Waals surface area contributed by atoms with Gasteiger partial charge in [-0.15, -0.1) is 16.4 Å². The number of non-ortho nitro benzene ring substituents is 1. The van der Waals surface area contributed by atoms with Gasteiger partial charge in [-0.05, 0) is 40.4 Å². The van der Waals surface area contributed by atoms with E-state index in [0.717, 1.165) is 4.88 Å². The molecular weight excluding hydrogens is 376 g/mol. The summed E-state index contributed by atoms with van der Waals surface area (Å²) in [5, 5.41) is 27.6. The average molecular weight is 390 g/mol. The van der Waals surface area contributed by atoms with Crippen LogP contribution in [0.2, 0.25) is 0 Å². The summed E-state index contributed by atoms with van der Waals surface area (Å²) >= 11 is 2.84. The zero-order chi connectivity index (χ0) is 18.5. The maximum absolute atomic E-state index is 12.2. The Kier molecular flexibility index (Phi) is 5.58. The first-order chi connectivity index (χ1) is 12.5. The molecule has 11 heteroatoms. The number of nitro groups is 1. The maximum Gasteiger partial charge on any atom is 0.269 e. The van der Waals surface area contributed by atoms with E-state index in [9.17, 15) is 14.9 Å². The van der Waals surface area contributed by atoms with Crippen LogP contribution >= 0.6 is 23.1 Å². The summed E-state index contributed by atoms with van der Waals surface area (Å²) < 4.78 is 1.64. The summed E-state index contributed by atoms with van der Waals surface area (Å²) in [7, 11) is 0. The van der Waals surface area contributed by atoms with Gasteiger partial charge < -0.3 is 5.32 Å². The van der Waals surface area contributed by atoms with Gasteiger partial charge in [0.05, 0.1) is 17.2 Å². The molecule has 134 valence electrons. The molecule has 26 heavy (non-hydrogen) atoms. The Morgan fingerprint density at radius 1 is 1.42 bits per heavy atom. The number of anilines is 1. The molecule has 3 aromatic rings. The fourth-order valence-electron chi connectivity index (χ4n) is 2.17.